The second-order valence-electron chi connectivity index (χ2n) is 5.97. The van der Waals surface area contributed by atoms with Gasteiger partial charge in [-0.05, 0) is 31.6 Å². The number of hydrogen-bond donors (Lipinski definition) is 1. The number of rotatable bonds is 4. The lowest BCUT2D eigenvalue weighted by atomic mass is 9.91. The first kappa shape index (κ1) is 15.5. The quantitative estimate of drug-likeness (QED) is 0.671. The van der Waals surface area contributed by atoms with Crippen LogP contribution in [0.1, 0.15) is 37.4 Å². The highest BCUT2D eigenvalue weighted by Gasteiger charge is 2.32. The molecule has 22 heavy (non-hydrogen) atoms. The third kappa shape index (κ3) is 3.33. The van der Waals surface area contributed by atoms with E-state index >= 15 is 0 Å². The molecule has 1 aromatic heterocycles. The van der Waals surface area contributed by atoms with Crippen LogP contribution in [0.5, 0.6) is 0 Å². The Balaban J connectivity index is 1.65. The molecule has 0 aromatic carbocycles. The Labute approximate surface area is 134 Å². The Morgan fingerprint density at radius 3 is 2.64 bits per heavy atom. The van der Waals surface area contributed by atoms with Gasteiger partial charge in [0.25, 0.3) is 0 Å². The number of halogens is 1. The third-order valence-corrected chi connectivity index (χ3v) is 4.59. The number of methoxy groups -OCH3 is 1. The largest absolute Gasteiger partial charge is 0.467 e. The standard InChI is InChI=1S/C15H20ClN3O3/c1-22-15(21)13(20)9-4-6-19(7-5-9)12-8-11(16)17-14(18-12)10-2-3-10/h8-10,13,20H,2-7H2,1H3. The smallest absolute Gasteiger partial charge is 0.334 e. The molecule has 1 aromatic rings. The van der Waals surface area contributed by atoms with E-state index < -0.39 is 12.1 Å². The number of nitrogens with zero attached hydrogens (tertiary/aromatic N) is 3. The molecule has 1 N–H and O–H groups in total. The normalized spacial score (nSPS) is 20.8. The van der Waals surface area contributed by atoms with Crippen molar-refractivity contribution < 1.29 is 14.6 Å². The van der Waals surface area contributed by atoms with Gasteiger partial charge in [0, 0.05) is 25.1 Å². The lowest BCUT2D eigenvalue weighted by Crippen LogP contribution is -2.41. The predicted molar refractivity (Wildman–Crippen MR) is 82.0 cm³/mol. The average molecular weight is 326 g/mol. The van der Waals surface area contributed by atoms with Crippen LogP contribution in [0.4, 0.5) is 5.82 Å². The zero-order valence-electron chi connectivity index (χ0n) is 12.5. The predicted octanol–water partition coefficient (Wildman–Crippen LogP) is 1.76. The first-order valence-corrected chi connectivity index (χ1v) is 8.01. The van der Waals surface area contributed by atoms with Crippen molar-refractivity contribution in [2.75, 3.05) is 25.1 Å². The van der Waals surface area contributed by atoms with Gasteiger partial charge in [-0.15, -0.1) is 0 Å². The number of carbonyl (C=O) groups excluding carboxylic acids is 1. The van der Waals surface area contributed by atoms with E-state index in [1.165, 1.54) is 7.11 Å². The number of aliphatic hydroxyl groups excluding tert-OH is 1. The molecule has 2 heterocycles. The van der Waals surface area contributed by atoms with Crippen LogP contribution in [0.15, 0.2) is 6.07 Å². The van der Waals surface area contributed by atoms with Gasteiger partial charge in [-0.2, -0.15) is 0 Å². The number of hydrogen-bond acceptors (Lipinski definition) is 6. The molecule has 1 saturated carbocycles. The van der Waals surface area contributed by atoms with Crippen LogP contribution in [0.3, 0.4) is 0 Å². The van der Waals surface area contributed by atoms with Crippen molar-refractivity contribution in [1.29, 1.82) is 0 Å². The van der Waals surface area contributed by atoms with Crippen LogP contribution >= 0.6 is 11.6 Å². The number of anilines is 1. The first-order chi connectivity index (χ1) is 10.6. The number of aromatic nitrogens is 2. The summed E-state index contributed by atoms with van der Waals surface area (Å²) in [5.74, 6) is 1.51. The molecule has 120 valence electrons. The van der Waals surface area contributed by atoms with Gasteiger partial charge in [-0.1, -0.05) is 11.6 Å². The van der Waals surface area contributed by atoms with Crippen LogP contribution in [-0.2, 0) is 9.53 Å². The van der Waals surface area contributed by atoms with Gasteiger partial charge in [-0.3, -0.25) is 0 Å². The van der Waals surface area contributed by atoms with Gasteiger partial charge in [-0.25, -0.2) is 14.8 Å². The van der Waals surface area contributed by atoms with E-state index in [4.69, 9.17) is 11.6 Å². The highest BCUT2D eigenvalue weighted by molar-refractivity contribution is 6.29. The van der Waals surface area contributed by atoms with E-state index in [2.05, 4.69) is 19.6 Å². The lowest BCUT2D eigenvalue weighted by molar-refractivity contribution is -0.153. The second-order valence-corrected chi connectivity index (χ2v) is 6.36. The minimum Gasteiger partial charge on any atom is -0.467 e. The summed E-state index contributed by atoms with van der Waals surface area (Å²) < 4.78 is 4.60. The molecule has 1 saturated heterocycles. The van der Waals surface area contributed by atoms with Crippen molar-refractivity contribution in [3.63, 3.8) is 0 Å². The summed E-state index contributed by atoms with van der Waals surface area (Å²) in [4.78, 5) is 22.5. The molecule has 1 aliphatic heterocycles. The number of carbonyl (C=O) groups is 1. The maximum absolute atomic E-state index is 11.4. The summed E-state index contributed by atoms with van der Waals surface area (Å²) in [5.41, 5.74) is 0. The molecule has 0 amide bonds. The SMILES string of the molecule is COC(=O)C(O)C1CCN(c2cc(Cl)nc(C3CC3)n2)CC1. The van der Waals surface area contributed by atoms with Crippen LogP contribution in [0.2, 0.25) is 5.15 Å². The summed E-state index contributed by atoms with van der Waals surface area (Å²) >= 11 is 6.10. The minimum absolute atomic E-state index is 0.0658. The molecule has 7 heteroatoms. The van der Waals surface area contributed by atoms with Gasteiger partial charge < -0.3 is 14.7 Å². The fourth-order valence-electron chi connectivity index (χ4n) is 2.87. The highest BCUT2D eigenvalue weighted by atomic mass is 35.5. The Hall–Kier alpha value is -1.40. The molecule has 2 fully saturated rings. The zero-order chi connectivity index (χ0) is 15.7. The van der Waals surface area contributed by atoms with Gasteiger partial charge in [0.15, 0.2) is 6.10 Å². The molecule has 2 aliphatic rings. The maximum Gasteiger partial charge on any atom is 0.334 e. The van der Waals surface area contributed by atoms with Gasteiger partial charge in [0.1, 0.15) is 16.8 Å². The summed E-state index contributed by atoms with van der Waals surface area (Å²) in [6.45, 7) is 1.46. The van der Waals surface area contributed by atoms with Crippen molar-refractivity contribution in [2.45, 2.75) is 37.7 Å². The topological polar surface area (TPSA) is 75.6 Å². The van der Waals surface area contributed by atoms with E-state index in [1.54, 1.807) is 6.07 Å². The number of esters is 1. The van der Waals surface area contributed by atoms with Crippen molar-refractivity contribution in [3.8, 4) is 0 Å². The van der Waals surface area contributed by atoms with Gasteiger partial charge in [0.05, 0.1) is 7.11 Å². The molecular formula is C15H20ClN3O3. The van der Waals surface area contributed by atoms with E-state index in [-0.39, 0.29) is 5.92 Å². The van der Waals surface area contributed by atoms with E-state index in [9.17, 15) is 9.90 Å². The average Bonchev–Trinajstić information content (AvgIpc) is 3.38. The molecule has 1 atom stereocenters. The van der Waals surface area contributed by atoms with Crippen LogP contribution in [0.25, 0.3) is 0 Å². The Bertz CT molecular complexity index is 557. The lowest BCUT2D eigenvalue weighted by Gasteiger charge is -2.34. The van der Waals surface area contributed by atoms with E-state index in [0.717, 1.165) is 50.4 Å². The Morgan fingerprint density at radius 2 is 2.05 bits per heavy atom. The minimum atomic E-state index is -1.04. The van der Waals surface area contributed by atoms with Crippen LogP contribution in [-0.4, -0.2) is 47.3 Å². The number of piperidine rings is 1. The van der Waals surface area contributed by atoms with Crippen LogP contribution < -0.4 is 4.90 Å². The number of ether oxygens (including phenoxy) is 1. The van der Waals surface area contributed by atoms with Crippen molar-refractivity contribution in [1.82, 2.24) is 9.97 Å². The monoisotopic (exact) mass is 325 g/mol. The molecular weight excluding hydrogens is 306 g/mol. The van der Waals surface area contributed by atoms with Crippen molar-refractivity contribution in [2.24, 2.45) is 5.92 Å². The second kappa shape index (κ2) is 6.38. The summed E-state index contributed by atoms with van der Waals surface area (Å²) in [6.07, 6.45) is 2.66. The van der Waals surface area contributed by atoms with Gasteiger partial charge in [0.2, 0.25) is 0 Å². The van der Waals surface area contributed by atoms with Gasteiger partial charge >= 0.3 is 5.97 Å². The fourth-order valence-corrected chi connectivity index (χ4v) is 3.05. The van der Waals surface area contributed by atoms with E-state index in [0.29, 0.717) is 11.1 Å². The van der Waals surface area contributed by atoms with E-state index in [1.807, 2.05) is 0 Å². The molecule has 0 spiro atoms. The van der Waals surface area contributed by atoms with Crippen molar-refractivity contribution >= 4 is 23.4 Å². The fraction of sp³-hybridized carbons (Fsp3) is 0.667. The highest BCUT2D eigenvalue weighted by Crippen LogP contribution is 2.39. The summed E-state index contributed by atoms with van der Waals surface area (Å²) in [7, 11) is 1.29. The Kier molecular flexibility index (Phi) is 4.49. The molecule has 3 rings (SSSR count). The first-order valence-electron chi connectivity index (χ1n) is 7.64. The molecule has 0 radical (unpaired) electrons. The molecule has 1 unspecified atom stereocenters. The molecule has 0 bridgehead atoms. The van der Waals surface area contributed by atoms with Crippen LogP contribution in [0, 0.1) is 5.92 Å². The molecule has 6 nitrogen and oxygen atoms in total. The summed E-state index contributed by atoms with van der Waals surface area (Å²) in [5, 5.41) is 10.4. The summed E-state index contributed by atoms with van der Waals surface area (Å²) in [6, 6.07) is 1.78. The number of aliphatic hydroxyl groups is 1. The Morgan fingerprint density at radius 1 is 1.36 bits per heavy atom. The maximum atomic E-state index is 11.4. The van der Waals surface area contributed by atoms with Crippen molar-refractivity contribution in [3.05, 3.63) is 17.0 Å². The third-order valence-electron chi connectivity index (χ3n) is 4.39. The zero-order valence-corrected chi connectivity index (χ0v) is 13.3. The molecule has 1 aliphatic carbocycles.